The van der Waals surface area contributed by atoms with E-state index in [0.717, 1.165) is 32.6 Å². The fraction of sp³-hybridized carbons (Fsp3) is 0.611. The van der Waals surface area contributed by atoms with Crippen LogP contribution in [0.5, 0.6) is 11.5 Å². The number of aryl methyl sites for hydroxylation is 1. The highest BCUT2D eigenvalue weighted by molar-refractivity contribution is 6.41. The lowest BCUT2D eigenvalue weighted by molar-refractivity contribution is 0.0169. The topological polar surface area (TPSA) is 122 Å². The first-order valence-corrected chi connectivity index (χ1v) is 9.50. The minimum Gasteiger partial charge on any atom is -0.507 e. The molecule has 8 nitrogen and oxygen atoms in total. The van der Waals surface area contributed by atoms with Crippen LogP contribution < -0.4 is 10.1 Å². The lowest BCUT2D eigenvalue weighted by atomic mass is 9.82. The second-order valence-corrected chi connectivity index (χ2v) is 7.35. The molecule has 2 fully saturated rings. The Labute approximate surface area is 158 Å². The third-order valence-electron chi connectivity index (χ3n) is 5.28. The highest BCUT2D eigenvalue weighted by atomic mass is 16.5. The molecule has 0 spiro atoms. The number of benzene rings is 1. The molecular formula is C18H27BN2O6. The van der Waals surface area contributed by atoms with Crippen LogP contribution in [0, 0.1) is 0 Å². The van der Waals surface area contributed by atoms with Gasteiger partial charge in [0.2, 0.25) is 0 Å². The van der Waals surface area contributed by atoms with Crippen molar-refractivity contribution >= 4 is 13.1 Å². The summed E-state index contributed by atoms with van der Waals surface area (Å²) in [5.41, 5.74) is 0.0840. The molecule has 27 heavy (non-hydrogen) atoms. The van der Waals surface area contributed by atoms with E-state index >= 15 is 0 Å². The second kappa shape index (κ2) is 8.92. The summed E-state index contributed by atoms with van der Waals surface area (Å²) in [7, 11) is -1.51. The quantitative estimate of drug-likeness (QED) is 0.389. The number of nitrogens with zero attached hydrogens (tertiary/aromatic N) is 1. The summed E-state index contributed by atoms with van der Waals surface area (Å²) in [6.07, 6.45) is 3.67. The zero-order valence-corrected chi connectivity index (χ0v) is 15.3. The first-order chi connectivity index (χ1) is 12.9. The molecule has 1 aromatic carbocycles. The van der Waals surface area contributed by atoms with Gasteiger partial charge in [-0.25, -0.2) is 4.79 Å². The third kappa shape index (κ3) is 5.13. The Morgan fingerprint density at radius 2 is 2.11 bits per heavy atom. The van der Waals surface area contributed by atoms with Gasteiger partial charge in [0.05, 0.1) is 0 Å². The molecule has 2 aliphatic rings. The molecule has 148 valence electrons. The van der Waals surface area contributed by atoms with Crippen molar-refractivity contribution in [3.8, 4) is 11.5 Å². The molecule has 2 heterocycles. The Bertz CT molecular complexity index is 659. The fourth-order valence-electron chi connectivity index (χ4n) is 3.71. The number of rotatable bonds is 9. The molecular weight excluding hydrogens is 351 g/mol. The number of likely N-dealkylation sites (tertiary alicyclic amines) is 1. The zero-order chi connectivity index (χ0) is 19.4. The molecule has 0 bridgehead atoms. The van der Waals surface area contributed by atoms with Crippen LogP contribution in [-0.2, 0) is 6.42 Å². The summed E-state index contributed by atoms with van der Waals surface area (Å²) in [5.74, 6) is -1.49. The van der Waals surface area contributed by atoms with E-state index < -0.39 is 13.1 Å². The predicted octanol–water partition coefficient (Wildman–Crippen LogP) is 0.311. The van der Waals surface area contributed by atoms with Gasteiger partial charge in [0.25, 0.3) is 0 Å². The molecule has 3 rings (SSSR count). The van der Waals surface area contributed by atoms with Gasteiger partial charge in [-0.15, -0.1) is 0 Å². The average Bonchev–Trinajstić information content (AvgIpc) is 3.08. The number of hydrogen-bond donors (Lipinski definition) is 5. The van der Waals surface area contributed by atoms with Crippen molar-refractivity contribution < 1.29 is 29.8 Å². The average molecular weight is 378 g/mol. The Morgan fingerprint density at radius 3 is 2.74 bits per heavy atom. The number of aromatic carboxylic acids is 1. The third-order valence-corrected chi connectivity index (χ3v) is 5.28. The van der Waals surface area contributed by atoms with Gasteiger partial charge < -0.3 is 30.3 Å². The van der Waals surface area contributed by atoms with E-state index in [-0.39, 0.29) is 35.9 Å². The van der Waals surface area contributed by atoms with Crippen LogP contribution in [-0.4, -0.2) is 76.6 Å². The van der Waals surface area contributed by atoms with Gasteiger partial charge >= 0.3 is 13.1 Å². The van der Waals surface area contributed by atoms with Crippen molar-refractivity contribution in [3.05, 3.63) is 23.3 Å². The SMILES string of the molecule is O=C(O)c1c(OC2CN(CCC3CCCN3)C2)ccc(CCB(O)O)c1O. The van der Waals surface area contributed by atoms with Crippen LogP contribution in [0.15, 0.2) is 12.1 Å². The molecule has 0 aromatic heterocycles. The Morgan fingerprint density at radius 1 is 1.33 bits per heavy atom. The van der Waals surface area contributed by atoms with Gasteiger partial charge in [-0.1, -0.05) is 6.07 Å². The van der Waals surface area contributed by atoms with Crippen molar-refractivity contribution in [1.82, 2.24) is 10.2 Å². The number of aromatic hydroxyl groups is 1. The number of carboxylic acids is 1. The van der Waals surface area contributed by atoms with E-state index in [1.807, 2.05) is 0 Å². The van der Waals surface area contributed by atoms with E-state index in [2.05, 4.69) is 10.2 Å². The van der Waals surface area contributed by atoms with Crippen molar-refractivity contribution in [1.29, 1.82) is 0 Å². The van der Waals surface area contributed by atoms with Crippen LogP contribution in [0.1, 0.15) is 35.2 Å². The molecule has 5 N–H and O–H groups in total. The first kappa shape index (κ1) is 19.9. The van der Waals surface area contributed by atoms with Crippen LogP contribution >= 0.6 is 0 Å². The number of nitrogens with one attached hydrogen (secondary N) is 1. The maximum absolute atomic E-state index is 11.6. The number of ether oxygens (including phenoxy) is 1. The second-order valence-electron chi connectivity index (χ2n) is 7.35. The first-order valence-electron chi connectivity index (χ1n) is 9.50. The maximum atomic E-state index is 11.6. The molecule has 0 aliphatic carbocycles. The fourth-order valence-corrected chi connectivity index (χ4v) is 3.71. The molecule has 0 amide bonds. The van der Waals surface area contributed by atoms with Crippen LogP contribution in [0.4, 0.5) is 0 Å². The van der Waals surface area contributed by atoms with Crippen molar-refractivity contribution in [3.63, 3.8) is 0 Å². The minimum atomic E-state index is -1.51. The number of carboxylic acid groups (broad SMARTS) is 1. The van der Waals surface area contributed by atoms with Crippen LogP contribution in [0.3, 0.4) is 0 Å². The van der Waals surface area contributed by atoms with Crippen molar-refractivity contribution in [2.45, 2.75) is 44.1 Å². The van der Waals surface area contributed by atoms with E-state index in [1.165, 1.54) is 18.9 Å². The van der Waals surface area contributed by atoms with Gasteiger partial charge in [-0.05, 0) is 56.7 Å². The lowest BCUT2D eigenvalue weighted by Gasteiger charge is -2.39. The Balaban J connectivity index is 1.55. The summed E-state index contributed by atoms with van der Waals surface area (Å²) >= 11 is 0. The summed E-state index contributed by atoms with van der Waals surface area (Å²) in [6.45, 7) is 3.58. The van der Waals surface area contributed by atoms with Gasteiger partial charge in [-0.2, -0.15) is 0 Å². The van der Waals surface area contributed by atoms with E-state index in [4.69, 9.17) is 14.8 Å². The van der Waals surface area contributed by atoms with Crippen LogP contribution in [0.25, 0.3) is 0 Å². The molecule has 0 saturated carbocycles. The highest BCUT2D eigenvalue weighted by Gasteiger charge is 2.31. The summed E-state index contributed by atoms with van der Waals surface area (Å²) in [6, 6.07) is 3.71. The van der Waals surface area contributed by atoms with Crippen LogP contribution in [0.2, 0.25) is 6.32 Å². The smallest absolute Gasteiger partial charge is 0.451 e. The zero-order valence-electron chi connectivity index (χ0n) is 15.3. The number of hydrogen-bond acceptors (Lipinski definition) is 7. The molecule has 2 aliphatic heterocycles. The number of phenols is 1. The molecule has 1 aromatic rings. The van der Waals surface area contributed by atoms with E-state index in [1.54, 1.807) is 6.07 Å². The number of carbonyl (C=O) groups is 1. The largest absolute Gasteiger partial charge is 0.507 e. The molecule has 1 unspecified atom stereocenters. The van der Waals surface area contributed by atoms with Gasteiger partial charge in [0, 0.05) is 19.1 Å². The molecule has 0 radical (unpaired) electrons. The Hall–Kier alpha value is -1.81. The summed E-state index contributed by atoms with van der Waals surface area (Å²) in [4.78, 5) is 13.9. The van der Waals surface area contributed by atoms with Gasteiger partial charge in [0.15, 0.2) is 0 Å². The van der Waals surface area contributed by atoms with Gasteiger partial charge in [0.1, 0.15) is 23.2 Å². The van der Waals surface area contributed by atoms with Gasteiger partial charge in [-0.3, -0.25) is 4.90 Å². The lowest BCUT2D eigenvalue weighted by Crippen LogP contribution is -2.54. The summed E-state index contributed by atoms with van der Waals surface area (Å²) < 4.78 is 5.81. The van der Waals surface area contributed by atoms with E-state index in [0.29, 0.717) is 11.6 Å². The predicted molar refractivity (Wildman–Crippen MR) is 100 cm³/mol. The molecule has 2 saturated heterocycles. The molecule has 9 heteroatoms. The monoisotopic (exact) mass is 378 g/mol. The highest BCUT2D eigenvalue weighted by Crippen LogP contribution is 2.34. The van der Waals surface area contributed by atoms with Crippen molar-refractivity contribution in [2.75, 3.05) is 26.2 Å². The van der Waals surface area contributed by atoms with Crippen molar-refractivity contribution in [2.24, 2.45) is 0 Å². The normalized spacial score (nSPS) is 20.4. The summed E-state index contributed by atoms with van der Waals surface area (Å²) in [5, 5.41) is 41.1. The standard InChI is InChI=1S/C18H27BN2O6/c22-17-12(5-7-19(25)26)3-4-15(16(17)18(23)24)27-14-10-21(11-14)9-6-13-2-1-8-20-13/h3-4,13-14,20,22,25-26H,1-2,5-11H2,(H,23,24). The van der Waals surface area contributed by atoms with E-state index in [9.17, 15) is 15.0 Å². The maximum Gasteiger partial charge on any atom is 0.451 e. The Kier molecular flexibility index (Phi) is 6.59. The molecule has 1 atom stereocenters. The minimum absolute atomic E-state index is 0.0141.